The molecule has 1 atom stereocenters. The topological polar surface area (TPSA) is 72.5 Å². The van der Waals surface area contributed by atoms with Crippen LogP contribution in [-0.2, 0) is 13.8 Å². The van der Waals surface area contributed by atoms with Crippen molar-refractivity contribution in [1.82, 2.24) is 5.32 Å². The molecule has 1 N–H and O–H groups in total. The molecule has 20 heavy (non-hydrogen) atoms. The summed E-state index contributed by atoms with van der Waals surface area (Å²) in [5.74, 6) is -0.151. The van der Waals surface area contributed by atoms with E-state index >= 15 is 0 Å². The van der Waals surface area contributed by atoms with Gasteiger partial charge in [0, 0.05) is 29.8 Å². The number of ether oxygens (including phenoxy) is 1. The van der Waals surface area contributed by atoms with Crippen molar-refractivity contribution in [3.63, 3.8) is 0 Å². The van der Waals surface area contributed by atoms with Gasteiger partial charge in [0.1, 0.15) is 0 Å². The average molecular weight is 338 g/mol. The molecule has 1 amide bonds. The summed E-state index contributed by atoms with van der Waals surface area (Å²) in [6.07, 6.45) is 0.893. The zero-order valence-corrected chi connectivity index (χ0v) is 12.8. The molecular formula is C12H13Cl2NO4S. The number of rotatable bonds is 4. The first kappa shape index (κ1) is 15.6. The zero-order chi connectivity index (χ0) is 14.8. The summed E-state index contributed by atoms with van der Waals surface area (Å²) in [4.78, 5) is 11.9. The molecule has 110 valence electrons. The summed E-state index contributed by atoms with van der Waals surface area (Å²) in [6.45, 7) is 1.78. The predicted molar refractivity (Wildman–Crippen MR) is 75.8 cm³/mol. The first-order valence-electron chi connectivity index (χ1n) is 5.98. The smallest absolute Gasteiger partial charge is 0.261 e. The van der Waals surface area contributed by atoms with Gasteiger partial charge in [0.2, 0.25) is 0 Å². The van der Waals surface area contributed by atoms with Gasteiger partial charge in [0.15, 0.2) is 0 Å². The number of hydrogen-bond acceptors (Lipinski definition) is 4. The van der Waals surface area contributed by atoms with Crippen LogP contribution in [0.25, 0.3) is 0 Å². The molecule has 1 aromatic rings. The van der Waals surface area contributed by atoms with Gasteiger partial charge in [0.05, 0.1) is 22.1 Å². The highest BCUT2D eigenvalue weighted by molar-refractivity contribution is 8.13. The van der Waals surface area contributed by atoms with Crippen LogP contribution in [0.1, 0.15) is 16.8 Å². The highest BCUT2D eigenvalue weighted by atomic mass is 35.7. The third-order valence-electron chi connectivity index (χ3n) is 3.04. The Hall–Kier alpha value is -0.820. The van der Waals surface area contributed by atoms with Crippen LogP contribution < -0.4 is 5.32 Å². The Labute approximate surface area is 126 Å². The van der Waals surface area contributed by atoms with Crippen molar-refractivity contribution in [2.75, 3.05) is 19.8 Å². The minimum atomic E-state index is -3.89. The molecule has 8 heteroatoms. The number of benzene rings is 1. The second-order valence-electron chi connectivity index (χ2n) is 4.52. The van der Waals surface area contributed by atoms with Crippen molar-refractivity contribution in [1.29, 1.82) is 0 Å². The van der Waals surface area contributed by atoms with E-state index in [9.17, 15) is 13.2 Å². The molecule has 1 heterocycles. The molecule has 0 saturated carbocycles. The lowest BCUT2D eigenvalue weighted by Crippen LogP contribution is -2.29. The Balaban J connectivity index is 2.12. The van der Waals surface area contributed by atoms with Crippen LogP contribution in [0, 0.1) is 5.92 Å². The molecule has 1 fully saturated rings. The van der Waals surface area contributed by atoms with Gasteiger partial charge < -0.3 is 10.1 Å². The van der Waals surface area contributed by atoms with Crippen molar-refractivity contribution in [3.8, 4) is 0 Å². The lowest BCUT2D eigenvalue weighted by atomic mass is 10.1. The number of nitrogens with one attached hydrogen (secondary N) is 1. The summed E-state index contributed by atoms with van der Waals surface area (Å²) >= 11 is 5.91. The molecule has 0 aliphatic carbocycles. The standard InChI is InChI=1S/C12H13Cl2NO4S/c13-11-2-1-9(20(14,17)18)5-10(11)12(16)15-6-8-3-4-19-7-8/h1-2,5,8H,3-4,6-7H2,(H,15,16). The van der Waals surface area contributed by atoms with Crippen molar-refractivity contribution in [3.05, 3.63) is 28.8 Å². The van der Waals surface area contributed by atoms with E-state index in [0.29, 0.717) is 19.8 Å². The van der Waals surface area contributed by atoms with Crippen LogP contribution in [0.5, 0.6) is 0 Å². The Kier molecular flexibility index (Phi) is 4.90. The number of amides is 1. The summed E-state index contributed by atoms with van der Waals surface area (Å²) in [6, 6.07) is 3.77. The maximum atomic E-state index is 12.0. The van der Waals surface area contributed by atoms with Gasteiger partial charge >= 0.3 is 0 Å². The molecule has 1 unspecified atom stereocenters. The average Bonchev–Trinajstić information content (AvgIpc) is 2.88. The molecule has 1 saturated heterocycles. The molecule has 2 rings (SSSR count). The van der Waals surface area contributed by atoms with Gasteiger partial charge in [-0.15, -0.1) is 0 Å². The van der Waals surface area contributed by atoms with Crippen LogP contribution in [0.3, 0.4) is 0 Å². The fraction of sp³-hybridized carbons (Fsp3) is 0.417. The molecule has 0 radical (unpaired) electrons. The van der Waals surface area contributed by atoms with Crippen LogP contribution in [0.2, 0.25) is 5.02 Å². The lowest BCUT2D eigenvalue weighted by molar-refractivity contribution is 0.0945. The van der Waals surface area contributed by atoms with E-state index < -0.39 is 15.0 Å². The number of carbonyl (C=O) groups is 1. The summed E-state index contributed by atoms with van der Waals surface area (Å²) in [5, 5.41) is 2.89. The summed E-state index contributed by atoms with van der Waals surface area (Å²) in [7, 11) is 1.36. The van der Waals surface area contributed by atoms with Crippen LogP contribution in [-0.4, -0.2) is 34.1 Å². The second-order valence-corrected chi connectivity index (χ2v) is 7.49. The number of hydrogen-bond donors (Lipinski definition) is 1. The van der Waals surface area contributed by atoms with E-state index in [1.165, 1.54) is 18.2 Å². The molecule has 1 aliphatic rings. The molecule has 0 spiro atoms. The van der Waals surface area contributed by atoms with E-state index in [2.05, 4.69) is 5.32 Å². The molecular weight excluding hydrogens is 325 g/mol. The van der Waals surface area contributed by atoms with E-state index in [1.54, 1.807) is 0 Å². The third-order valence-corrected chi connectivity index (χ3v) is 4.72. The second kappa shape index (κ2) is 6.30. The Morgan fingerprint density at radius 2 is 2.20 bits per heavy atom. The van der Waals surface area contributed by atoms with Gasteiger partial charge in [-0.25, -0.2) is 8.42 Å². The summed E-state index contributed by atoms with van der Waals surface area (Å²) in [5.41, 5.74) is 0.0901. The zero-order valence-electron chi connectivity index (χ0n) is 10.4. The van der Waals surface area contributed by atoms with Crippen molar-refractivity contribution < 1.29 is 17.9 Å². The van der Waals surface area contributed by atoms with E-state index in [0.717, 1.165) is 6.42 Å². The first-order valence-corrected chi connectivity index (χ1v) is 8.67. The molecule has 1 aromatic carbocycles. The van der Waals surface area contributed by atoms with Crippen molar-refractivity contribution in [2.45, 2.75) is 11.3 Å². The van der Waals surface area contributed by atoms with Crippen LogP contribution >= 0.6 is 22.3 Å². The van der Waals surface area contributed by atoms with Crippen molar-refractivity contribution in [2.24, 2.45) is 5.92 Å². The van der Waals surface area contributed by atoms with Gasteiger partial charge in [-0.1, -0.05) is 11.6 Å². The van der Waals surface area contributed by atoms with Gasteiger partial charge in [0.25, 0.3) is 15.0 Å². The molecule has 1 aliphatic heterocycles. The van der Waals surface area contributed by atoms with Gasteiger partial charge in [-0.2, -0.15) is 0 Å². The van der Waals surface area contributed by atoms with Gasteiger partial charge in [-0.05, 0) is 24.6 Å². The minimum Gasteiger partial charge on any atom is -0.381 e. The SMILES string of the molecule is O=C(NCC1CCOC1)c1cc(S(=O)(=O)Cl)ccc1Cl. The third kappa shape index (κ3) is 3.85. The normalized spacial score (nSPS) is 19.0. The fourth-order valence-corrected chi connectivity index (χ4v) is 2.89. The van der Waals surface area contributed by atoms with E-state index in [4.69, 9.17) is 27.0 Å². The Morgan fingerprint density at radius 1 is 1.45 bits per heavy atom. The minimum absolute atomic E-state index is 0.0901. The lowest BCUT2D eigenvalue weighted by Gasteiger charge is -2.11. The van der Waals surface area contributed by atoms with Gasteiger partial charge in [-0.3, -0.25) is 4.79 Å². The highest BCUT2D eigenvalue weighted by Gasteiger charge is 2.19. The first-order chi connectivity index (χ1) is 9.38. The highest BCUT2D eigenvalue weighted by Crippen LogP contribution is 2.23. The Morgan fingerprint density at radius 3 is 2.80 bits per heavy atom. The number of halogens is 2. The quantitative estimate of drug-likeness (QED) is 0.853. The number of carbonyl (C=O) groups excluding carboxylic acids is 1. The largest absolute Gasteiger partial charge is 0.381 e. The Bertz CT molecular complexity index is 612. The van der Waals surface area contributed by atoms with E-state index in [-0.39, 0.29) is 21.4 Å². The monoisotopic (exact) mass is 337 g/mol. The van der Waals surface area contributed by atoms with Crippen LogP contribution in [0.4, 0.5) is 0 Å². The molecule has 0 bridgehead atoms. The maximum absolute atomic E-state index is 12.0. The predicted octanol–water partition coefficient (Wildman–Crippen LogP) is 2.03. The van der Waals surface area contributed by atoms with E-state index in [1.807, 2.05) is 0 Å². The summed E-state index contributed by atoms with van der Waals surface area (Å²) < 4.78 is 27.7. The molecule has 5 nitrogen and oxygen atoms in total. The van der Waals surface area contributed by atoms with Crippen molar-refractivity contribution >= 4 is 37.2 Å². The maximum Gasteiger partial charge on any atom is 0.261 e. The van der Waals surface area contributed by atoms with Crippen LogP contribution in [0.15, 0.2) is 23.1 Å². The fourth-order valence-electron chi connectivity index (χ4n) is 1.91. The molecule has 0 aromatic heterocycles.